The highest BCUT2D eigenvalue weighted by Crippen LogP contribution is 2.23. The van der Waals surface area contributed by atoms with Crippen molar-refractivity contribution in [2.24, 2.45) is 0 Å². The molecule has 0 spiro atoms. The van der Waals surface area contributed by atoms with Crippen molar-refractivity contribution >= 4 is 23.4 Å². The van der Waals surface area contributed by atoms with Gasteiger partial charge in [0.1, 0.15) is 0 Å². The predicted molar refractivity (Wildman–Crippen MR) is 76.7 cm³/mol. The number of thioether (sulfide) groups is 1. The smallest absolute Gasteiger partial charge is 0.234 e. The number of hydrogen-bond acceptors (Lipinski definition) is 3. The van der Waals surface area contributed by atoms with Gasteiger partial charge in [0.15, 0.2) is 0 Å². The number of nitrogens with one attached hydrogen (secondary N) is 1. The van der Waals surface area contributed by atoms with Crippen LogP contribution in [0.3, 0.4) is 0 Å². The average Bonchev–Trinajstić information content (AvgIpc) is 2.29. The monoisotopic (exact) mass is 262 g/mol. The van der Waals surface area contributed by atoms with E-state index in [2.05, 4.69) is 26.1 Å². The predicted octanol–water partition coefficient (Wildman–Crippen LogP) is 3.18. The minimum atomic E-state index is -0.0706. The first-order valence-corrected chi connectivity index (χ1v) is 6.94. The molecule has 0 aliphatic carbocycles. The minimum Gasteiger partial charge on any atom is -0.325 e. The molecule has 0 atom stereocenters. The number of nitrogens with zero attached hydrogens (tertiary/aromatic N) is 1. The van der Waals surface area contributed by atoms with E-state index in [0.29, 0.717) is 11.5 Å². The Morgan fingerprint density at radius 3 is 2.44 bits per heavy atom. The molecule has 0 unspecified atom stereocenters. The zero-order chi connectivity index (χ0) is 13.6. The Hall–Kier alpha value is -1.47. The summed E-state index contributed by atoms with van der Waals surface area (Å²) in [7, 11) is 0. The summed E-state index contributed by atoms with van der Waals surface area (Å²) in [4.78, 5) is 11.5. The Labute approximate surface area is 113 Å². The first kappa shape index (κ1) is 14.6. The van der Waals surface area contributed by atoms with Crippen LogP contribution < -0.4 is 5.32 Å². The van der Waals surface area contributed by atoms with Gasteiger partial charge in [0, 0.05) is 5.69 Å². The molecule has 0 bridgehead atoms. The summed E-state index contributed by atoms with van der Waals surface area (Å²) in [6, 6.07) is 9.87. The zero-order valence-corrected chi connectivity index (χ0v) is 11.8. The Bertz CT molecular complexity index is 440. The number of carbonyl (C=O) groups excluding carboxylic acids is 1. The summed E-state index contributed by atoms with van der Waals surface area (Å²) in [6.45, 7) is 6.46. The van der Waals surface area contributed by atoms with E-state index in [1.807, 2.05) is 30.3 Å². The fraction of sp³-hybridized carbons (Fsp3) is 0.429. The Balaban J connectivity index is 2.54. The number of benzene rings is 1. The van der Waals surface area contributed by atoms with Gasteiger partial charge in [-0.1, -0.05) is 32.9 Å². The van der Waals surface area contributed by atoms with Crippen molar-refractivity contribution in [3.63, 3.8) is 0 Å². The van der Waals surface area contributed by atoms with Crippen LogP contribution in [0.25, 0.3) is 0 Å². The van der Waals surface area contributed by atoms with Crippen LogP contribution in [0.2, 0.25) is 0 Å². The van der Waals surface area contributed by atoms with Gasteiger partial charge in [-0.05, 0) is 23.1 Å². The van der Waals surface area contributed by atoms with Crippen LogP contribution in [0.4, 0.5) is 5.69 Å². The summed E-state index contributed by atoms with van der Waals surface area (Å²) >= 11 is 1.31. The van der Waals surface area contributed by atoms with Crippen molar-refractivity contribution in [1.82, 2.24) is 0 Å². The zero-order valence-electron chi connectivity index (χ0n) is 11.0. The van der Waals surface area contributed by atoms with Crippen molar-refractivity contribution in [3.8, 4) is 6.07 Å². The number of hydrogen-bond donors (Lipinski definition) is 1. The van der Waals surface area contributed by atoms with Gasteiger partial charge in [-0.2, -0.15) is 5.26 Å². The SMILES string of the molecule is CC(C)(C)c1ccc(NC(=O)CSCC#N)cc1. The van der Waals surface area contributed by atoms with Crippen LogP contribution in [0, 0.1) is 11.3 Å². The standard InChI is InChI=1S/C14H18N2OS/c1-14(2,3)11-4-6-12(7-5-11)16-13(17)10-18-9-8-15/h4-7H,9-10H2,1-3H3,(H,16,17). The molecule has 0 aliphatic rings. The van der Waals surface area contributed by atoms with Crippen molar-refractivity contribution in [3.05, 3.63) is 29.8 Å². The van der Waals surface area contributed by atoms with E-state index < -0.39 is 0 Å². The van der Waals surface area contributed by atoms with Gasteiger partial charge < -0.3 is 5.32 Å². The molecule has 0 heterocycles. The summed E-state index contributed by atoms with van der Waals surface area (Å²) < 4.78 is 0. The molecule has 0 radical (unpaired) electrons. The molecule has 1 N–H and O–H groups in total. The first-order chi connectivity index (χ1) is 8.43. The molecule has 0 saturated heterocycles. The molecule has 1 rings (SSSR count). The van der Waals surface area contributed by atoms with Crippen LogP contribution in [0.15, 0.2) is 24.3 Å². The van der Waals surface area contributed by atoms with Crippen molar-refractivity contribution in [2.75, 3.05) is 16.8 Å². The van der Waals surface area contributed by atoms with Crippen molar-refractivity contribution in [1.29, 1.82) is 5.26 Å². The lowest BCUT2D eigenvalue weighted by molar-refractivity contribution is -0.113. The Morgan fingerprint density at radius 1 is 1.33 bits per heavy atom. The van der Waals surface area contributed by atoms with E-state index in [1.54, 1.807) is 0 Å². The summed E-state index contributed by atoms with van der Waals surface area (Å²) in [5.41, 5.74) is 2.15. The van der Waals surface area contributed by atoms with Crippen LogP contribution in [-0.4, -0.2) is 17.4 Å². The van der Waals surface area contributed by atoms with Gasteiger partial charge in [0.25, 0.3) is 0 Å². The molecule has 3 nitrogen and oxygen atoms in total. The van der Waals surface area contributed by atoms with Crippen LogP contribution in [0.5, 0.6) is 0 Å². The third-order valence-corrected chi connectivity index (χ3v) is 3.23. The number of nitriles is 1. The van der Waals surface area contributed by atoms with Gasteiger partial charge in [0.05, 0.1) is 17.6 Å². The third kappa shape index (κ3) is 4.80. The molecule has 1 aromatic rings. The Kier molecular flexibility index (Phi) is 5.24. The van der Waals surface area contributed by atoms with Crippen LogP contribution in [-0.2, 0) is 10.2 Å². The second-order valence-corrected chi connectivity index (χ2v) is 6.01. The highest BCUT2D eigenvalue weighted by molar-refractivity contribution is 8.00. The molecule has 1 aromatic carbocycles. The molecular formula is C14H18N2OS. The molecule has 1 amide bonds. The second kappa shape index (κ2) is 6.46. The molecule has 0 fully saturated rings. The summed E-state index contributed by atoms with van der Waals surface area (Å²) in [5.74, 6) is 0.587. The number of rotatable bonds is 4. The van der Waals surface area contributed by atoms with Gasteiger partial charge >= 0.3 is 0 Å². The van der Waals surface area contributed by atoms with E-state index in [4.69, 9.17) is 5.26 Å². The van der Waals surface area contributed by atoms with Gasteiger partial charge in [-0.15, -0.1) is 11.8 Å². The third-order valence-electron chi connectivity index (χ3n) is 2.43. The van der Waals surface area contributed by atoms with Crippen LogP contribution >= 0.6 is 11.8 Å². The number of anilines is 1. The lowest BCUT2D eigenvalue weighted by atomic mass is 9.87. The van der Waals surface area contributed by atoms with E-state index >= 15 is 0 Å². The van der Waals surface area contributed by atoms with E-state index in [9.17, 15) is 4.79 Å². The average molecular weight is 262 g/mol. The van der Waals surface area contributed by atoms with Crippen molar-refractivity contribution < 1.29 is 4.79 Å². The van der Waals surface area contributed by atoms with Crippen LogP contribution in [0.1, 0.15) is 26.3 Å². The molecule has 0 aromatic heterocycles. The number of amides is 1. The van der Waals surface area contributed by atoms with E-state index in [0.717, 1.165) is 5.69 Å². The summed E-state index contributed by atoms with van der Waals surface area (Å²) in [6.07, 6.45) is 0. The first-order valence-electron chi connectivity index (χ1n) is 5.78. The lowest BCUT2D eigenvalue weighted by Crippen LogP contribution is -2.15. The maximum Gasteiger partial charge on any atom is 0.234 e. The quantitative estimate of drug-likeness (QED) is 0.848. The maximum atomic E-state index is 11.5. The topological polar surface area (TPSA) is 52.9 Å². The molecule has 0 saturated carbocycles. The van der Waals surface area contributed by atoms with E-state index in [-0.39, 0.29) is 11.3 Å². The lowest BCUT2D eigenvalue weighted by Gasteiger charge is -2.19. The van der Waals surface area contributed by atoms with Gasteiger partial charge in [0.2, 0.25) is 5.91 Å². The van der Waals surface area contributed by atoms with E-state index in [1.165, 1.54) is 17.3 Å². The molecule has 18 heavy (non-hydrogen) atoms. The molecular weight excluding hydrogens is 244 g/mol. The molecule has 96 valence electrons. The molecule has 4 heteroatoms. The summed E-state index contributed by atoms with van der Waals surface area (Å²) in [5, 5.41) is 11.2. The van der Waals surface area contributed by atoms with Gasteiger partial charge in [-0.25, -0.2) is 0 Å². The Morgan fingerprint density at radius 2 is 1.94 bits per heavy atom. The van der Waals surface area contributed by atoms with Gasteiger partial charge in [-0.3, -0.25) is 4.79 Å². The molecule has 0 aliphatic heterocycles. The highest BCUT2D eigenvalue weighted by Gasteiger charge is 2.13. The minimum absolute atomic E-state index is 0.0706. The maximum absolute atomic E-state index is 11.5. The fourth-order valence-electron chi connectivity index (χ4n) is 1.44. The normalized spacial score (nSPS) is 10.8. The van der Waals surface area contributed by atoms with Crippen molar-refractivity contribution in [2.45, 2.75) is 26.2 Å². The fourth-order valence-corrected chi connectivity index (χ4v) is 1.89. The second-order valence-electron chi connectivity index (χ2n) is 5.03. The highest BCUT2D eigenvalue weighted by atomic mass is 32.2. The number of carbonyl (C=O) groups is 1. The largest absolute Gasteiger partial charge is 0.325 e.